The van der Waals surface area contributed by atoms with Gasteiger partial charge in [0.15, 0.2) is 0 Å². The van der Waals surface area contributed by atoms with Gasteiger partial charge in [0.25, 0.3) is 0 Å². The summed E-state index contributed by atoms with van der Waals surface area (Å²) in [5, 5.41) is 14.9. The molecule has 0 saturated heterocycles. The SMILES string of the molecule is CNC(O)CCCN=[N+]=[N-]. The number of nitrogens with zero attached hydrogens (tertiary/aromatic N) is 3. The lowest BCUT2D eigenvalue weighted by molar-refractivity contribution is 0.135. The van der Waals surface area contributed by atoms with Gasteiger partial charge in [-0.3, -0.25) is 5.32 Å². The van der Waals surface area contributed by atoms with Gasteiger partial charge < -0.3 is 5.11 Å². The Kier molecular flexibility index (Phi) is 5.86. The highest BCUT2D eigenvalue weighted by Crippen LogP contribution is 1.92. The summed E-state index contributed by atoms with van der Waals surface area (Å²) in [6, 6.07) is 0. The molecule has 2 N–H and O–H groups in total. The van der Waals surface area contributed by atoms with Crippen LogP contribution in [0.3, 0.4) is 0 Å². The summed E-state index contributed by atoms with van der Waals surface area (Å²) in [5.74, 6) is 0. The standard InChI is InChI=1S/C5H12N4O/c1-7-5(10)3-2-4-8-9-6/h5,7,10H,2-4H2,1H3. The molecule has 0 aromatic heterocycles. The zero-order valence-corrected chi connectivity index (χ0v) is 5.99. The lowest BCUT2D eigenvalue weighted by Gasteiger charge is -2.05. The van der Waals surface area contributed by atoms with E-state index in [1.807, 2.05) is 0 Å². The van der Waals surface area contributed by atoms with Gasteiger partial charge in [-0.05, 0) is 25.4 Å². The second-order valence-corrected chi connectivity index (χ2v) is 1.90. The van der Waals surface area contributed by atoms with Gasteiger partial charge in [0.05, 0.1) is 0 Å². The van der Waals surface area contributed by atoms with Crippen molar-refractivity contribution in [1.82, 2.24) is 5.32 Å². The average Bonchev–Trinajstić information content (AvgIpc) is 1.98. The van der Waals surface area contributed by atoms with E-state index in [-0.39, 0.29) is 0 Å². The maximum absolute atomic E-state index is 8.91. The molecule has 0 heterocycles. The number of aliphatic hydroxyl groups excluding tert-OH is 1. The van der Waals surface area contributed by atoms with E-state index in [1.54, 1.807) is 7.05 Å². The van der Waals surface area contributed by atoms with E-state index in [1.165, 1.54) is 0 Å². The third kappa shape index (κ3) is 5.37. The maximum Gasteiger partial charge on any atom is 0.104 e. The molecule has 0 aromatic rings. The second kappa shape index (κ2) is 6.35. The van der Waals surface area contributed by atoms with Crippen molar-refractivity contribution in [2.75, 3.05) is 13.6 Å². The first kappa shape index (κ1) is 9.23. The molecule has 10 heavy (non-hydrogen) atoms. The highest BCUT2D eigenvalue weighted by molar-refractivity contribution is 4.52. The number of aliphatic hydroxyl groups is 1. The Morgan fingerprint density at radius 2 is 2.50 bits per heavy atom. The highest BCUT2D eigenvalue weighted by Gasteiger charge is 1.96. The van der Waals surface area contributed by atoms with E-state index >= 15 is 0 Å². The van der Waals surface area contributed by atoms with E-state index in [0.717, 1.165) is 0 Å². The average molecular weight is 144 g/mol. The Morgan fingerprint density at radius 1 is 1.80 bits per heavy atom. The molecule has 0 saturated carbocycles. The first-order valence-corrected chi connectivity index (χ1v) is 3.17. The Balaban J connectivity index is 3.10. The molecule has 0 aromatic carbocycles. The van der Waals surface area contributed by atoms with Crippen molar-refractivity contribution < 1.29 is 5.11 Å². The fourth-order valence-corrected chi connectivity index (χ4v) is 0.544. The molecule has 0 aliphatic carbocycles. The van der Waals surface area contributed by atoms with Crippen LogP contribution in [-0.2, 0) is 0 Å². The third-order valence-corrected chi connectivity index (χ3v) is 1.13. The van der Waals surface area contributed by atoms with Crippen molar-refractivity contribution in [3.05, 3.63) is 10.4 Å². The molecule has 1 atom stereocenters. The zero-order valence-electron chi connectivity index (χ0n) is 5.99. The van der Waals surface area contributed by atoms with E-state index in [9.17, 15) is 0 Å². The molecule has 0 rings (SSSR count). The van der Waals surface area contributed by atoms with E-state index in [2.05, 4.69) is 15.3 Å². The van der Waals surface area contributed by atoms with Gasteiger partial charge in [0, 0.05) is 11.5 Å². The summed E-state index contributed by atoms with van der Waals surface area (Å²) in [4.78, 5) is 2.58. The molecule has 1 unspecified atom stereocenters. The summed E-state index contributed by atoms with van der Waals surface area (Å²) in [5.41, 5.74) is 7.87. The zero-order chi connectivity index (χ0) is 7.82. The van der Waals surface area contributed by atoms with Crippen LogP contribution in [0.1, 0.15) is 12.8 Å². The van der Waals surface area contributed by atoms with Crippen LogP contribution in [0.15, 0.2) is 5.11 Å². The Morgan fingerprint density at radius 3 is 3.00 bits per heavy atom. The van der Waals surface area contributed by atoms with Crippen LogP contribution < -0.4 is 5.32 Å². The predicted molar refractivity (Wildman–Crippen MR) is 38.3 cm³/mol. The normalized spacial score (nSPS) is 12.2. The largest absolute Gasteiger partial charge is 0.379 e. The van der Waals surface area contributed by atoms with Gasteiger partial charge in [-0.15, -0.1) is 0 Å². The van der Waals surface area contributed by atoms with Gasteiger partial charge in [-0.2, -0.15) is 0 Å². The first-order chi connectivity index (χ1) is 4.81. The van der Waals surface area contributed by atoms with Gasteiger partial charge in [0.1, 0.15) is 6.23 Å². The second-order valence-electron chi connectivity index (χ2n) is 1.90. The van der Waals surface area contributed by atoms with Crippen molar-refractivity contribution in [1.29, 1.82) is 0 Å². The summed E-state index contributed by atoms with van der Waals surface area (Å²) in [6.45, 7) is 0.454. The van der Waals surface area contributed by atoms with Crippen LogP contribution in [-0.4, -0.2) is 24.9 Å². The number of nitrogens with one attached hydrogen (secondary N) is 1. The van der Waals surface area contributed by atoms with Gasteiger partial charge >= 0.3 is 0 Å². The van der Waals surface area contributed by atoms with Crippen LogP contribution in [0.5, 0.6) is 0 Å². The smallest absolute Gasteiger partial charge is 0.104 e. The van der Waals surface area contributed by atoms with Gasteiger partial charge in [-0.25, -0.2) is 0 Å². The minimum Gasteiger partial charge on any atom is -0.379 e. The third-order valence-electron chi connectivity index (χ3n) is 1.13. The summed E-state index contributed by atoms with van der Waals surface area (Å²) in [6.07, 6.45) is 0.857. The predicted octanol–water partition coefficient (Wildman–Crippen LogP) is 0.615. The summed E-state index contributed by atoms with van der Waals surface area (Å²) in [7, 11) is 1.68. The highest BCUT2D eigenvalue weighted by atomic mass is 16.3. The van der Waals surface area contributed by atoms with Crippen molar-refractivity contribution in [3.63, 3.8) is 0 Å². The summed E-state index contributed by atoms with van der Waals surface area (Å²) >= 11 is 0. The number of rotatable bonds is 5. The Hall–Kier alpha value is -0.770. The summed E-state index contributed by atoms with van der Waals surface area (Å²) < 4.78 is 0. The van der Waals surface area contributed by atoms with Crippen molar-refractivity contribution >= 4 is 0 Å². The fraction of sp³-hybridized carbons (Fsp3) is 1.00. The van der Waals surface area contributed by atoms with Crippen molar-refractivity contribution in [3.8, 4) is 0 Å². The number of azide groups is 1. The molecular formula is C5H12N4O. The monoisotopic (exact) mass is 144 g/mol. The molecular weight excluding hydrogens is 132 g/mol. The van der Waals surface area contributed by atoms with Crippen LogP contribution >= 0.6 is 0 Å². The molecule has 0 bridgehead atoms. The first-order valence-electron chi connectivity index (χ1n) is 3.17. The van der Waals surface area contributed by atoms with Crippen molar-refractivity contribution in [2.45, 2.75) is 19.1 Å². The lowest BCUT2D eigenvalue weighted by Crippen LogP contribution is -2.24. The Labute approximate surface area is 59.7 Å². The van der Waals surface area contributed by atoms with E-state index < -0.39 is 6.23 Å². The number of hydrogen-bond acceptors (Lipinski definition) is 3. The minimum absolute atomic E-state index is 0.454. The fourth-order valence-electron chi connectivity index (χ4n) is 0.544. The maximum atomic E-state index is 8.91. The molecule has 0 spiro atoms. The van der Waals surface area contributed by atoms with Gasteiger partial charge in [-0.1, -0.05) is 5.11 Å². The number of hydrogen-bond donors (Lipinski definition) is 2. The molecule has 0 fully saturated rings. The molecule has 5 nitrogen and oxygen atoms in total. The van der Waals surface area contributed by atoms with E-state index in [4.69, 9.17) is 10.6 Å². The lowest BCUT2D eigenvalue weighted by atomic mass is 10.3. The van der Waals surface area contributed by atoms with Crippen LogP contribution in [0, 0.1) is 0 Å². The van der Waals surface area contributed by atoms with E-state index in [0.29, 0.717) is 19.4 Å². The van der Waals surface area contributed by atoms with Crippen molar-refractivity contribution in [2.24, 2.45) is 5.11 Å². The Bertz CT molecular complexity index is 121. The quantitative estimate of drug-likeness (QED) is 0.195. The molecule has 0 aliphatic rings. The van der Waals surface area contributed by atoms with Crippen LogP contribution in [0.2, 0.25) is 0 Å². The molecule has 0 amide bonds. The topological polar surface area (TPSA) is 81.0 Å². The van der Waals surface area contributed by atoms with Gasteiger partial charge in [0.2, 0.25) is 0 Å². The molecule has 58 valence electrons. The molecule has 0 radical (unpaired) electrons. The molecule has 5 heteroatoms. The van der Waals surface area contributed by atoms with Crippen LogP contribution in [0.4, 0.5) is 0 Å². The molecule has 0 aliphatic heterocycles. The minimum atomic E-state index is -0.478. The van der Waals surface area contributed by atoms with Crippen LogP contribution in [0.25, 0.3) is 10.4 Å².